The first-order valence-corrected chi connectivity index (χ1v) is 8.59. The Morgan fingerprint density at radius 1 is 1.13 bits per heavy atom. The number of rotatable bonds is 10. The molecule has 6 heteroatoms. The second-order valence-electron chi connectivity index (χ2n) is 6.78. The molecule has 0 saturated carbocycles. The van der Waals surface area contributed by atoms with E-state index >= 15 is 0 Å². The molecule has 1 fully saturated rings. The Labute approximate surface area is 138 Å². The highest BCUT2D eigenvalue weighted by atomic mass is 16.6. The van der Waals surface area contributed by atoms with E-state index in [1.807, 2.05) is 0 Å². The van der Waals surface area contributed by atoms with Crippen molar-refractivity contribution in [3.8, 4) is 6.07 Å². The van der Waals surface area contributed by atoms with Crippen molar-refractivity contribution in [3.63, 3.8) is 0 Å². The van der Waals surface area contributed by atoms with Gasteiger partial charge in [-0.05, 0) is 13.3 Å². The van der Waals surface area contributed by atoms with Crippen LogP contribution in [0.5, 0.6) is 0 Å². The van der Waals surface area contributed by atoms with Crippen LogP contribution in [-0.4, -0.2) is 57.6 Å². The minimum absolute atomic E-state index is 0.456. The Balaban J connectivity index is 2.77. The summed E-state index contributed by atoms with van der Waals surface area (Å²) in [7, 11) is 0. The molecule has 0 aromatic heterocycles. The topological polar surface area (TPSA) is 114 Å². The van der Waals surface area contributed by atoms with E-state index in [0.29, 0.717) is 6.42 Å². The molecule has 1 saturated heterocycles. The molecule has 0 aliphatic carbocycles. The first-order chi connectivity index (χ1) is 10.9. The van der Waals surface area contributed by atoms with Crippen LogP contribution in [0.4, 0.5) is 0 Å². The van der Waals surface area contributed by atoms with Crippen LogP contribution in [0.3, 0.4) is 0 Å². The van der Waals surface area contributed by atoms with Gasteiger partial charge in [0.1, 0.15) is 23.9 Å². The minimum atomic E-state index is -1.57. The molecule has 134 valence electrons. The molecule has 1 aliphatic heterocycles. The van der Waals surface area contributed by atoms with Crippen molar-refractivity contribution in [2.45, 2.75) is 82.7 Å². The highest BCUT2D eigenvalue weighted by molar-refractivity contribution is 5.18. The summed E-state index contributed by atoms with van der Waals surface area (Å²) >= 11 is 0. The second-order valence-corrected chi connectivity index (χ2v) is 6.78. The molecule has 5 atom stereocenters. The fourth-order valence-corrected chi connectivity index (χ4v) is 3.42. The molecule has 2 unspecified atom stereocenters. The lowest BCUT2D eigenvalue weighted by atomic mass is 9.68. The molecular weight excluding hydrogens is 298 g/mol. The molecule has 1 rings (SSSR count). The monoisotopic (exact) mass is 329 g/mol. The van der Waals surface area contributed by atoms with Crippen molar-refractivity contribution in [2.24, 2.45) is 5.41 Å². The zero-order valence-electron chi connectivity index (χ0n) is 14.2. The number of nitrogens with zero attached hydrogens (tertiary/aromatic N) is 1. The molecule has 0 amide bonds. The van der Waals surface area contributed by atoms with Crippen molar-refractivity contribution in [2.75, 3.05) is 13.2 Å². The van der Waals surface area contributed by atoms with Gasteiger partial charge >= 0.3 is 0 Å². The summed E-state index contributed by atoms with van der Waals surface area (Å²) in [6.45, 7) is 2.74. The van der Waals surface area contributed by atoms with Gasteiger partial charge in [0, 0.05) is 0 Å². The van der Waals surface area contributed by atoms with Gasteiger partial charge in [-0.25, -0.2) is 0 Å². The quantitative estimate of drug-likeness (QED) is 0.447. The molecule has 23 heavy (non-hydrogen) atoms. The fraction of sp³-hybridized carbons (Fsp3) is 0.941. The van der Waals surface area contributed by atoms with E-state index in [0.717, 1.165) is 25.7 Å². The third-order valence-electron chi connectivity index (χ3n) is 5.17. The number of aliphatic hydroxyl groups excluding tert-OH is 4. The van der Waals surface area contributed by atoms with Crippen LogP contribution in [-0.2, 0) is 4.74 Å². The van der Waals surface area contributed by atoms with Crippen molar-refractivity contribution in [3.05, 3.63) is 0 Å². The summed E-state index contributed by atoms with van der Waals surface area (Å²) in [6, 6.07) is 2.17. The van der Waals surface area contributed by atoms with Crippen LogP contribution < -0.4 is 0 Å². The number of ether oxygens (including phenoxy) is 1. The lowest BCUT2D eigenvalue weighted by Gasteiger charge is -2.42. The second kappa shape index (κ2) is 8.95. The average molecular weight is 329 g/mol. The number of unbranched alkanes of at least 4 members (excludes halogenated alkanes) is 5. The van der Waals surface area contributed by atoms with Gasteiger partial charge in [0.15, 0.2) is 0 Å². The van der Waals surface area contributed by atoms with Crippen LogP contribution in [0, 0.1) is 16.7 Å². The van der Waals surface area contributed by atoms with E-state index in [-0.39, 0.29) is 0 Å². The van der Waals surface area contributed by atoms with Crippen LogP contribution in [0.15, 0.2) is 0 Å². The lowest BCUT2D eigenvalue weighted by molar-refractivity contribution is -0.170. The van der Waals surface area contributed by atoms with Gasteiger partial charge in [-0.1, -0.05) is 45.4 Å². The molecule has 6 nitrogen and oxygen atoms in total. The summed E-state index contributed by atoms with van der Waals surface area (Å²) in [4.78, 5) is 0. The Bertz CT molecular complexity index is 399. The van der Waals surface area contributed by atoms with Crippen molar-refractivity contribution in [1.82, 2.24) is 0 Å². The molecule has 0 radical (unpaired) electrons. The third-order valence-corrected chi connectivity index (χ3v) is 5.17. The Kier molecular flexibility index (Phi) is 7.91. The molecule has 4 N–H and O–H groups in total. The summed E-state index contributed by atoms with van der Waals surface area (Å²) in [5.74, 6) is 0. The zero-order valence-corrected chi connectivity index (χ0v) is 14.2. The normalized spacial score (nSPS) is 33.3. The van der Waals surface area contributed by atoms with Crippen molar-refractivity contribution < 1.29 is 25.2 Å². The van der Waals surface area contributed by atoms with E-state index in [1.54, 1.807) is 6.92 Å². The van der Waals surface area contributed by atoms with E-state index in [4.69, 9.17) is 4.74 Å². The maximum absolute atomic E-state index is 10.4. The molecule has 1 heterocycles. The standard InChI is InChI=1S/C17H31NO5/c1-3-4-5-6-7-8-9-16(2,11-18)17(12-20)15(22)14(21)13(10-19)23-17/h13-15,19-22H,3-10,12H2,1-2H3/t13-,14-,15+,16?,17?/m1/s1. The summed E-state index contributed by atoms with van der Waals surface area (Å²) in [5, 5.41) is 49.1. The Morgan fingerprint density at radius 3 is 2.22 bits per heavy atom. The Morgan fingerprint density at radius 2 is 1.74 bits per heavy atom. The third kappa shape index (κ3) is 4.04. The maximum atomic E-state index is 10.4. The van der Waals surface area contributed by atoms with Gasteiger partial charge < -0.3 is 25.2 Å². The van der Waals surface area contributed by atoms with Crippen molar-refractivity contribution in [1.29, 1.82) is 5.26 Å². The van der Waals surface area contributed by atoms with Gasteiger partial charge in [0.2, 0.25) is 0 Å². The SMILES string of the molecule is CCCCCCCCC(C)(C#N)C1(CO)O[C@H](CO)[C@@H](O)[C@@H]1O. The predicted octanol–water partition coefficient (Wildman–Crippen LogP) is 1.11. The maximum Gasteiger partial charge on any atom is 0.138 e. The zero-order chi connectivity index (χ0) is 17.5. The van der Waals surface area contributed by atoms with Crippen LogP contribution in [0.1, 0.15) is 58.8 Å². The highest BCUT2D eigenvalue weighted by Crippen LogP contribution is 2.47. The number of nitriles is 1. The predicted molar refractivity (Wildman–Crippen MR) is 85.5 cm³/mol. The first kappa shape index (κ1) is 20.3. The lowest BCUT2D eigenvalue weighted by Crippen LogP contribution is -2.57. The molecule has 1 aliphatic rings. The average Bonchev–Trinajstić information content (AvgIpc) is 2.83. The largest absolute Gasteiger partial charge is 0.394 e. The fourth-order valence-electron chi connectivity index (χ4n) is 3.42. The summed E-state index contributed by atoms with van der Waals surface area (Å²) in [5.41, 5.74) is -2.71. The van der Waals surface area contributed by atoms with Crippen LogP contribution in [0.2, 0.25) is 0 Å². The van der Waals surface area contributed by atoms with Gasteiger partial charge in [-0.3, -0.25) is 0 Å². The van der Waals surface area contributed by atoms with Crippen LogP contribution in [0.25, 0.3) is 0 Å². The van der Waals surface area contributed by atoms with Gasteiger partial charge in [-0.2, -0.15) is 5.26 Å². The van der Waals surface area contributed by atoms with Gasteiger partial charge in [0.25, 0.3) is 0 Å². The van der Waals surface area contributed by atoms with E-state index < -0.39 is 42.5 Å². The number of hydrogen-bond donors (Lipinski definition) is 4. The smallest absolute Gasteiger partial charge is 0.138 e. The van der Waals surface area contributed by atoms with E-state index in [9.17, 15) is 25.7 Å². The highest BCUT2D eigenvalue weighted by Gasteiger charge is 2.62. The molecule has 0 bridgehead atoms. The molecular formula is C17H31NO5. The molecule has 0 aromatic carbocycles. The number of aliphatic hydroxyl groups is 4. The molecule has 0 spiro atoms. The minimum Gasteiger partial charge on any atom is -0.394 e. The Hall–Kier alpha value is -0.710. The molecule has 0 aromatic rings. The summed E-state index contributed by atoms with van der Waals surface area (Å²) < 4.78 is 5.60. The first-order valence-electron chi connectivity index (χ1n) is 8.59. The van der Waals surface area contributed by atoms with Crippen molar-refractivity contribution >= 4 is 0 Å². The van der Waals surface area contributed by atoms with E-state index in [1.165, 1.54) is 12.8 Å². The van der Waals surface area contributed by atoms with Crippen LogP contribution >= 0.6 is 0 Å². The van der Waals surface area contributed by atoms with Gasteiger partial charge in [0.05, 0.1) is 24.7 Å². The van der Waals surface area contributed by atoms with Gasteiger partial charge in [-0.15, -0.1) is 0 Å². The number of hydrogen-bond acceptors (Lipinski definition) is 6. The summed E-state index contributed by atoms with van der Waals surface area (Å²) in [6.07, 6.45) is 3.12. The van der Waals surface area contributed by atoms with E-state index in [2.05, 4.69) is 13.0 Å².